The second kappa shape index (κ2) is 9.26. The number of piperidine rings is 1. The Labute approximate surface area is 167 Å². The van der Waals surface area contributed by atoms with Crippen LogP contribution in [-0.4, -0.2) is 72.7 Å². The highest BCUT2D eigenvalue weighted by Crippen LogP contribution is 2.19. The molecule has 0 unspecified atom stereocenters. The molecule has 2 aliphatic rings. The summed E-state index contributed by atoms with van der Waals surface area (Å²) >= 11 is 0. The number of carbonyl (C=O) groups excluding carboxylic acids is 2. The Morgan fingerprint density at radius 1 is 1.14 bits per heavy atom. The van der Waals surface area contributed by atoms with Crippen LogP contribution in [0.3, 0.4) is 0 Å². The number of carbonyl (C=O) groups is 2. The largest absolute Gasteiger partial charge is 0.449 e. The van der Waals surface area contributed by atoms with Gasteiger partial charge in [-0.2, -0.15) is 0 Å². The van der Waals surface area contributed by atoms with Gasteiger partial charge in [0.2, 0.25) is 0 Å². The van der Waals surface area contributed by atoms with Crippen LogP contribution in [0.5, 0.6) is 0 Å². The first-order valence-corrected chi connectivity index (χ1v) is 10.4. The van der Waals surface area contributed by atoms with E-state index >= 15 is 0 Å². The van der Waals surface area contributed by atoms with Gasteiger partial charge in [-0.25, -0.2) is 9.78 Å². The van der Waals surface area contributed by atoms with Gasteiger partial charge in [-0.3, -0.25) is 4.79 Å². The molecule has 1 aromatic heterocycles. The fourth-order valence-electron chi connectivity index (χ4n) is 3.70. The summed E-state index contributed by atoms with van der Waals surface area (Å²) in [5, 5.41) is 0. The molecule has 154 valence electrons. The number of rotatable bonds is 4. The molecule has 0 bridgehead atoms. The average molecular weight is 389 g/mol. The number of ether oxygens (including phenoxy) is 1. The van der Waals surface area contributed by atoms with Gasteiger partial charge in [0.05, 0.1) is 12.2 Å². The Morgan fingerprint density at radius 3 is 2.50 bits per heavy atom. The third-order valence-electron chi connectivity index (χ3n) is 5.34. The van der Waals surface area contributed by atoms with E-state index in [0.717, 1.165) is 25.3 Å². The summed E-state index contributed by atoms with van der Waals surface area (Å²) in [6.45, 7) is 11.0. The van der Waals surface area contributed by atoms with Gasteiger partial charge in [0.25, 0.3) is 5.91 Å². The third-order valence-corrected chi connectivity index (χ3v) is 5.34. The van der Waals surface area contributed by atoms with Gasteiger partial charge in [-0.15, -0.1) is 0 Å². The smallest absolute Gasteiger partial charge is 0.409 e. The van der Waals surface area contributed by atoms with E-state index in [9.17, 15) is 9.59 Å². The van der Waals surface area contributed by atoms with E-state index in [2.05, 4.69) is 16.8 Å². The fourth-order valence-corrected chi connectivity index (χ4v) is 3.70. The summed E-state index contributed by atoms with van der Waals surface area (Å²) in [5.74, 6) is 1.82. The molecular formula is C21H32N4O3. The van der Waals surface area contributed by atoms with Gasteiger partial charge >= 0.3 is 6.09 Å². The summed E-state index contributed by atoms with van der Waals surface area (Å²) < 4.78 is 5.30. The molecule has 3 heterocycles. The molecule has 3 rings (SSSR count). The van der Waals surface area contributed by atoms with Crippen LogP contribution in [0.15, 0.2) is 18.3 Å². The van der Waals surface area contributed by atoms with E-state index in [1.165, 1.54) is 6.42 Å². The van der Waals surface area contributed by atoms with Crippen molar-refractivity contribution < 1.29 is 14.3 Å². The molecule has 1 atom stereocenters. The van der Waals surface area contributed by atoms with Crippen LogP contribution < -0.4 is 4.90 Å². The van der Waals surface area contributed by atoms with E-state index in [0.29, 0.717) is 50.2 Å². The first kappa shape index (κ1) is 20.4. The number of hydrogen-bond donors (Lipinski definition) is 0. The van der Waals surface area contributed by atoms with E-state index in [4.69, 9.17) is 4.74 Å². The number of nitrogens with zero attached hydrogens (tertiary/aromatic N) is 4. The second-order valence-corrected chi connectivity index (χ2v) is 8.35. The normalized spacial score (nSPS) is 20.4. The Hall–Kier alpha value is -2.31. The lowest BCUT2D eigenvalue weighted by atomic mass is 10.00. The predicted molar refractivity (Wildman–Crippen MR) is 109 cm³/mol. The monoisotopic (exact) mass is 388 g/mol. The Kier molecular flexibility index (Phi) is 6.75. The van der Waals surface area contributed by atoms with Crippen molar-refractivity contribution in [3.05, 3.63) is 23.9 Å². The van der Waals surface area contributed by atoms with E-state index in [1.807, 2.05) is 30.9 Å². The first-order chi connectivity index (χ1) is 13.4. The van der Waals surface area contributed by atoms with Gasteiger partial charge in [-0.05, 0) is 36.8 Å². The SMILES string of the molecule is CC(C)COC(=O)N1CCN(c2ccc(C(=O)N3CCC[C@H](C)C3)cn2)CC1. The lowest BCUT2D eigenvalue weighted by Gasteiger charge is -2.35. The minimum atomic E-state index is -0.238. The number of aromatic nitrogens is 1. The fraction of sp³-hybridized carbons (Fsp3) is 0.667. The Morgan fingerprint density at radius 2 is 1.89 bits per heavy atom. The van der Waals surface area contributed by atoms with Crippen molar-refractivity contribution in [2.75, 3.05) is 50.8 Å². The predicted octanol–water partition coefficient (Wildman–Crippen LogP) is 2.87. The molecular weight excluding hydrogens is 356 g/mol. The molecule has 0 N–H and O–H groups in total. The zero-order valence-electron chi connectivity index (χ0n) is 17.3. The van der Waals surface area contributed by atoms with Crippen LogP contribution in [0, 0.1) is 11.8 Å². The topological polar surface area (TPSA) is 66.0 Å². The number of piperazine rings is 1. The van der Waals surface area contributed by atoms with Gasteiger partial charge in [0.15, 0.2) is 0 Å². The van der Waals surface area contributed by atoms with Crippen molar-refractivity contribution in [1.29, 1.82) is 0 Å². The number of anilines is 1. The highest BCUT2D eigenvalue weighted by molar-refractivity contribution is 5.94. The van der Waals surface area contributed by atoms with Crippen molar-refractivity contribution in [3.63, 3.8) is 0 Å². The van der Waals surface area contributed by atoms with Crippen molar-refractivity contribution in [2.24, 2.45) is 11.8 Å². The van der Waals surface area contributed by atoms with Crippen molar-refractivity contribution in [1.82, 2.24) is 14.8 Å². The van der Waals surface area contributed by atoms with Crippen LogP contribution in [0.1, 0.15) is 44.0 Å². The lowest BCUT2D eigenvalue weighted by Crippen LogP contribution is -2.49. The molecule has 1 aromatic rings. The molecule has 0 aliphatic carbocycles. The summed E-state index contributed by atoms with van der Waals surface area (Å²) in [4.78, 5) is 35.1. The summed E-state index contributed by atoms with van der Waals surface area (Å²) in [7, 11) is 0. The molecule has 2 saturated heterocycles. The molecule has 7 nitrogen and oxygen atoms in total. The second-order valence-electron chi connectivity index (χ2n) is 8.35. The maximum Gasteiger partial charge on any atom is 0.409 e. The van der Waals surface area contributed by atoms with Crippen LogP contribution in [0.4, 0.5) is 10.6 Å². The van der Waals surface area contributed by atoms with E-state index < -0.39 is 0 Å². The molecule has 0 aromatic carbocycles. The van der Waals surface area contributed by atoms with E-state index in [1.54, 1.807) is 11.1 Å². The summed E-state index contributed by atoms with van der Waals surface area (Å²) in [6.07, 6.45) is 3.71. The third kappa shape index (κ3) is 5.14. The number of pyridine rings is 1. The summed E-state index contributed by atoms with van der Waals surface area (Å²) in [5.41, 5.74) is 0.647. The molecule has 2 aliphatic heterocycles. The van der Waals surface area contributed by atoms with Crippen LogP contribution >= 0.6 is 0 Å². The van der Waals surface area contributed by atoms with Crippen molar-refractivity contribution >= 4 is 17.8 Å². The maximum absolute atomic E-state index is 12.7. The van der Waals surface area contributed by atoms with Crippen LogP contribution in [-0.2, 0) is 4.74 Å². The van der Waals surface area contributed by atoms with Crippen LogP contribution in [0.2, 0.25) is 0 Å². The summed E-state index contributed by atoms with van der Waals surface area (Å²) in [6, 6.07) is 3.78. The van der Waals surface area contributed by atoms with Gasteiger partial charge in [0, 0.05) is 45.5 Å². The zero-order chi connectivity index (χ0) is 20.1. The molecule has 0 spiro atoms. The molecule has 7 heteroatoms. The molecule has 0 radical (unpaired) electrons. The van der Waals surface area contributed by atoms with Crippen molar-refractivity contribution in [3.8, 4) is 0 Å². The standard InChI is InChI=1S/C21H32N4O3/c1-16(2)15-28-21(27)24-11-9-23(10-12-24)19-7-6-18(13-22-19)20(26)25-8-4-5-17(3)14-25/h6-7,13,16-17H,4-5,8-12,14-15H2,1-3H3/t17-/m0/s1. The highest BCUT2D eigenvalue weighted by Gasteiger charge is 2.25. The molecule has 2 amide bonds. The molecule has 28 heavy (non-hydrogen) atoms. The number of hydrogen-bond acceptors (Lipinski definition) is 5. The lowest BCUT2D eigenvalue weighted by molar-refractivity contribution is 0.0682. The number of likely N-dealkylation sites (tertiary alicyclic amines) is 1. The number of amides is 2. The first-order valence-electron chi connectivity index (χ1n) is 10.4. The van der Waals surface area contributed by atoms with Gasteiger partial charge < -0.3 is 19.4 Å². The van der Waals surface area contributed by atoms with E-state index in [-0.39, 0.29) is 12.0 Å². The van der Waals surface area contributed by atoms with Crippen molar-refractivity contribution in [2.45, 2.75) is 33.6 Å². The Balaban J connectivity index is 1.52. The van der Waals surface area contributed by atoms with Gasteiger partial charge in [-0.1, -0.05) is 20.8 Å². The minimum Gasteiger partial charge on any atom is -0.449 e. The highest BCUT2D eigenvalue weighted by atomic mass is 16.6. The van der Waals surface area contributed by atoms with Gasteiger partial charge in [0.1, 0.15) is 5.82 Å². The Bertz CT molecular complexity index is 669. The molecule has 0 saturated carbocycles. The quantitative estimate of drug-likeness (QED) is 0.793. The molecule has 2 fully saturated rings. The zero-order valence-corrected chi connectivity index (χ0v) is 17.3. The maximum atomic E-state index is 12.7. The minimum absolute atomic E-state index is 0.0725. The average Bonchev–Trinajstić information content (AvgIpc) is 2.71. The van der Waals surface area contributed by atoms with Crippen LogP contribution in [0.25, 0.3) is 0 Å².